The SMILES string of the molecule is COc1ccc(/C=N\NC(=O)[C@H](C)Sc2ccc(C)cc2)cc1. The van der Waals surface area contributed by atoms with E-state index < -0.39 is 0 Å². The van der Waals surface area contributed by atoms with E-state index in [9.17, 15) is 4.79 Å². The van der Waals surface area contributed by atoms with Crippen LogP contribution in [0, 0.1) is 6.92 Å². The summed E-state index contributed by atoms with van der Waals surface area (Å²) < 4.78 is 5.09. The molecule has 0 aliphatic carbocycles. The number of rotatable bonds is 6. The van der Waals surface area contributed by atoms with Crippen molar-refractivity contribution in [1.82, 2.24) is 5.43 Å². The van der Waals surface area contributed by atoms with Gasteiger partial charge in [-0.3, -0.25) is 4.79 Å². The number of benzene rings is 2. The van der Waals surface area contributed by atoms with Crippen molar-refractivity contribution in [3.05, 3.63) is 59.7 Å². The Kier molecular flexibility index (Phi) is 6.23. The molecule has 2 rings (SSSR count). The van der Waals surface area contributed by atoms with E-state index in [1.807, 2.05) is 62.4 Å². The molecular weight excluding hydrogens is 308 g/mol. The van der Waals surface area contributed by atoms with Gasteiger partial charge in [0.25, 0.3) is 5.91 Å². The molecule has 0 radical (unpaired) electrons. The summed E-state index contributed by atoms with van der Waals surface area (Å²) in [5.41, 5.74) is 4.67. The summed E-state index contributed by atoms with van der Waals surface area (Å²) in [6, 6.07) is 15.6. The molecule has 1 N–H and O–H groups in total. The van der Waals surface area contributed by atoms with E-state index in [-0.39, 0.29) is 11.2 Å². The molecule has 1 amide bonds. The minimum absolute atomic E-state index is 0.125. The number of hydrazone groups is 1. The second kappa shape index (κ2) is 8.39. The van der Waals surface area contributed by atoms with Crippen molar-refractivity contribution in [2.75, 3.05) is 7.11 Å². The first-order valence-electron chi connectivity index (χ1n) is 7.29. The van der Waals surface area contributed by atoms with Crippen LogP contribution in [0.1, 0.15) is 18.1 Å². The van der Waals surface area contributed by atoms with Crippen LogP contribution in [0.25, 0.3) is 0 Å². The van der Waals surface area contributed by atoms with Crippen LogP contribution in [0.4, 0.5) is 0 Å². The molecule has 120 valence electrons. The van der Waals surface area contributed by atoms with E-state index in [1.54, 1.807) is 13.3 Å². The van der Waals surface area contributed by atoms with Crippen molar-refractivity contribution >= 4 is 23.9 Å². The van der Waals surface area contributed by atoms with Gasteiger partial charge in [0, 0.05) is 4.90 Å². The minimum atomic E-state index is -0.217. The highest BCUT2D eigenvalue weighted by Gasteiger charge is 2.13. The molecule has 0 saturated carbocycles. The molecule has 4 nitrogen and oxygen atoms in total. The van der Waals surface area contributed by atoms with Gasteiger partial charge in [0.2, 0.25) is 0 Å². The number of thioether (sulfide) groups is 1. The third kappa shape index (κ3) is 5.45. The normalized spacial score (nSPS) is 12.1. The van der Waals surface area contributed by atoms with Crippen LogP contribution < -0.4 is 10.2 Å². The number of amides is 1. The van der Waals surface area contributed by atoms with Gasteiger partial charge in [-0.05, 0) is 55.8 Å². The van der Waals surface area contributed by atoms with Crippen molar-refractivity contribution < 1.29 is 9.53 Å². The van der Waals surface area contributed by atoms with Crippen LogP contribution >= 0.6 is 11.8 Å². The molecule has 0 fully saturated rings. The molecule has 0 aliphatic heterocycles. The Hall–Kier alpha value is -2.27. The minimum Gasteiger partial charge on any atom is -0.497 e. The predicted octanol–water partition coefficient (Wildman–Crippen LogP) is 3.63. The number of carbonyl (C=O) groups excluding carboxylic acids is 1. The zero-order valence-corrected chi connectivity index (χ0v) is 14.3. The zero-order chi connectivity index (χ0) is 16.7. The van der Waals surface area contributed by atoms with E-state index in [0.717, 1.165) is 16.2 Å². The van der Waals surface area contributed by atoms with Gasteiger partial charge < -0.3 is 4.74 Å². The molecule has 0 aromatic heterocycles. The molecule has 23 heavy (non-hydrogen) atoms. The molecule has 5 heteroatoms. The average molecular weight is 328 g/mol. The average Bonchev–Trinajstić information content (AvgIpc) is 2.57. The van der Waals surface area contributed by atoms with Gasteiger partial charge in [0.05, 0.1) is 18.6 Å². The summed E-state index contributed by atoms with van der Waals surface area (Å²) in [4.78, 5) is 13.1. The number of methoxy groups -OCH3 is 1. The van der Waals surface area contributed by atoms with Crippen LogP contribution in [-0.2, 0) is 4.79 Å². The monoisotopic (exact) mass is 328 g/mol. The van der Waals surface area contributed by atoms with E-state index in [1.165, 1.54) is 17.3 Å². The number of hydrogen-bond acceptors (Lipinski definition) is 4. The Morgan fingerprint density at radius 1 is 1.17 bits per heavy atom. The maximum atomic E-state index is 12.0. The van der Waals surface area contributed by atoms with Crippen LogP contribution in [0.3, 0.4) is 0 Å². The van der Waals surface area contributed by atoms with E-state index >= 15 is 0 Å². The number of nitrogens with one attached hydrogen (secondary N) is 1. The maximum absolute atomic E-state index is 12.0. The van der Waals surface area contributed by atoms with E-state index in [4.69, 9.17) is 4.74 Å². The third-order valence-corrected chi connectivity index (χ3v) is 4.32. The summed E-state index contributed by atoms with van der Waals surface area (Å²) in [5, 5.41) is 3.78. The van der Waals surface area contributed by atoms with Gasteiger partial charge >= 0.3 is 0 Å². The van der Waals surface area contributed by atoms with Gasteiger partial charge in [-0.2, -0.15) is 5.10 Å². The topological polar surface area (TPSA) is 50.7 Å². The molecule has 0 bridgehead atoms. The van der Waals surface area contributed by atoms with Crippen LogP contribution in [0.15, 0.2) is 58.5 Å². The summed E-state index contributed by atoms with van der Waals surface area (Å²) >= 11 is 1.51. The molecule has 0 aliphatic rings. The van der Waals surface area contributed by atoms with E-state index in [0.29, 0.717) is 0 Å². The molecule has 0 unspecified atom stereocenters. The number of hydrogen-bond donors (Lipinski definition) is 1. The standard InChI is InChI=1S/C18H20N2O2S/c1-13-4-10-17(11-5-13)23-14(2)18(21)20-19-12-15-6-8-16(22-3)9-7-15/h4-12,14H,1-3H3,(H,20,21)/b19-12-/t14-/m0/s1. The second-order valence-corrected chi connectivity index (χ2v) is 6.49. The third-order valence-electron chi connectivity index (χ3n) is 3.21. The fourth-order valence-electron chi connectivity index (χ4n) is 1.83. The molecule has 0 spiro atoms. The molecule has 0 heterocycles. The van der Waals surface area contributed by atoms with Gasteiger partial charge in [0.1, 0.15) is 5.75 Å². The van der Waals surface area contributed by atoms with Crippen molar-refractivity contribution in [3.8, 4) is 5.75 Å². The smallest absolute Gasteiger partial charge is 0.253 e. The zero-order valence-electron chi connectivity index (χ0n) is 13.4. The van der Waals surface area contributed by atoms with Crippen molar-refractivity contribution in [2.24, 2.45) is 5.10 Å². The molecule has 2 aromatic carbocycles. The molecule has 2 aromatic rings. The second-order valence-electron chi connectivity index (χ2n) is 5.08. The Bertz CT molecular complexity index is 666. The predicted molar refractivity (Wildman–Crippen MR) is 95.2 cm³/mol. The first-order valence-corrected chi connectivity index (χ1v) is 8.17. The van der Waals surface area contributed by atoms with Crippen molar-refractivity contribution in [3.63, 3.8) is 0 Å². The van der Waals surface area contributed by atoms with Crippen LogP contribution in [0.2, 0.25) is 0 Å². The summed E-state index contributed by atoms with van der Waals surface area (Å²) in [7, 11) is 1.62. The highest BCUT2D eigenvalue weighted by atomic mass is 32.2. The van der Waals surface area contributed by atoms with Gasteiger partial charge in [-0.1, -0.05) is 17.7 Å². The number of carbonyl (C=O) groups is 1. The summed E-state index contributed by atoms with van der Waals surface area (Å²) in [6.45, 7) is 3.90. The highest BCUT2D eigenvalue weighted by Crippen LogP contribution is 2.23. The lowest BCUT2D eigenvalue weighted by Gasteiger charge is -2.09. The fraction of sp³-hybridized carbons (Fsp3) is 0.222. The largest absolute Gasteiger partial charge is 0.497 e. The van der Waals surface area contributed by atoms with Gasteiger partial charge in [0.15, 0.2) is 0 Å². The summed E-state index contributed by atoms with van der Waals surface area (Å²) in [5.74, 6) is 0.662. The summed E-state index contributed by atoms with van der Waals surface area (Å²) in [6.07, 6.45) is 1.61. The Morgan fingerprint density at radius 3 is 2.43 bits per heavy atom. The highest BCUT2D eigenvalue weighted by molar-refractivity contribution is 8.00. The number of nitrogens with zero attached hydrogens (tertiary/aromatic N) is 1. The molecular formula is C18H20N2O2S. The Balaban J connectivity index is 1.85. The first kappa shape index (κ1) is 17.1. The van der Waals surface area contributed by atoms with Gasteiger partial charge in [-0.15, -0.1) is 11.8 Å². The Morgan fingerprint density at radius 2 is 1.83 bits per heavy atom. The van der Waals surface area contributed by atoms with Crippen molar-refractivity contribution in [2.45, 2.75) is 24.0 Å². The maximum Gasteiger partial charge on any atom is 0.253 e. The molecule has 0 saturated heterocycles. The van der Waals surface area contributed by atoms with Gasteiger partial charge in [-0.25, -0.2) is 5.43 Å². The number of aryl methyl sites for hydroxylation is 1. The lowest BCUT2D eigenvalue weighted by atomic mass is 10.2. The van der Waals surface area contributed by atoms with Crippen LogP contribution in [0.5, 0.6) is 5.75 Å². The fourth-order valence-corrected chi connectivity index (χ4v) is 2.69. The quantitative estimate of drug-likeness (QED) is 0.500. The van der Waals surface area contributed by atoms with Crippen molar-refractivity contribution in [1.29, 1.82) is 0 Å². The van der Waals surface area contributed by atoms with Crippen LogP contribution in [-0.4, -0.2) is 24.5 Å². The molecule has 1 atom stereocenters. The lowest BCUT2D eigenvalue weighted by molar-refractivity contribution is -0.120. The lowest BCUT2D eigenvalue weighted by Crippen LogP contribution is -2.26. The Labute approximate surface area is 140 Å². The number of ether oxygens (including phenoxy) is 1. The van der Waals surface area contributed by atoms with E-state index in [2.05, 4.69) is 10.5 Å². The first-order chi connectivity index (χ1) is 11.1.